The molecular weight excluding hydrogens is 362 g/mol. The number of aromatic nitrogens is 2. The molecule has 0 amide bonds. The second kappa shape index (κ2) is 7.64. The van der Waals surface area contributed by atoms with Crippen molar-refractivity contribution in [3.05, 3.63) is 47.5 Å². The molecule has 0 spiro atoms. The van der Waals surface area contributed by atoms with Gasteiger partial charge in [0, 0.05) is 45.4 Å². The summed E-state index contributed by atoms with van der Waals surface area (Å²) < 4.78 is 34.8. The molecule has 0 saturated carbocycles. The molecule has 1 saturated heterocycles. The van der Waals surface area contributed by atoms with Crippen LogP contribution in [0.15, 0.2) is 30.6 Å². The van der Waals surface area contributed by atoms with Gasteiger partial charge in [0.1, 0.15) is 11.6 Å². The summed E-state index contributed by atoms with van der Waals surface area (Å²) in [5.41, 5.74) is 2.27. The molecule has 0 atom stereocenters. The number of sulfonamides is 1. The first kappa shape index (κ1) is 18.5. The predicted molar refractivity (Wildman–Crippen MR) is 104 cm³/mol. The Bertz CT molecular complexity index is 899. The molecule has 146 valence electrons. The highest BCUT2D eigenvalue weighted by molar-refractivity contribution is 7.89. The Morgan fingerprint density at radius 2 is 2.07 bits per heavy atom. The van der Waals surface area contributed by atoms with Crippen LogP contribution in [0.2, 0.25) is 0 Å². The van der Waals surface area contributed by atoms with Crippen molar-refractivity contribution in [3.63, 3.8) is 0 Å². The van der Waals surface area contributed by atoms with Crippen LogP contribution in [0.4, 0.5) is 0 Å². The van der Waals surface area contributed by atoms with Crippen LogP contribution in [0.3, 0.4) is 0 Å². The summed E-state index contributed by atoms with van der Waals surface area (Å²) in [6, 6.07) is 6.04. The van der Waals surface area contributed by atoms with Gasteiger partial charge in [0.15, 0.2) is 0 Å². The number of ether oxygens (including phenoxy) is 1. The fourth-order valence-corrected chi connectivity index (χ4v) is 5.53. The quantitative estimate of drug-likeness (QED) is 0.760. The third-order valence-electron chi connectivity index (χ3n) is 5.76. The van der Waals surface area contributed by atoms with Crippen LogP contribution >= 0.6 is 0 Å². The Balaban J connectivity index is 1.30. The van der Waals surface area contributed by atoms with E-state index < -0.39 is 10.0 Å². The van der Waals surface area contributed by atoms with E-state index in [1.54, 1.807) is 4.31 Å². The van der Waals surface area contributed by atoms with Gasteiger partial charge < -0.3 is 9.30 Å². The van der Waals surface area contributed by atoms with Crippen LogP contribution in [0, 0.1) is 5.92 Å². The van der Waals surface area contributed by atoms with Crippen molar-refractivity contribution in [2.45, 2.75) is 32.1 Å². The number of aryl methyl sites for hydroxylation is 2. The van der Waals surface area contributed by atoms with Crippen LogP contribution in [0.5, 0.6) is 5.75 Å². The van der Waals surface area contributed by atoms with E-state index >= 15 is 0 Å². The molecule has 0 N–H and O–H groups in total. The summed E-state index contributed by atoms with van der Waals surface area (Å²) in [5, 5.41) is 0. The van der Waals surface area contributed by atoms with Crippen molar-refractivity contribution in [1.82, 2.24) is 13.9 Å². The van der Waals surface area contributed by atoms with Gasteiger partial charge in [-0.25, -0.2) is 17.7 Å². The number of imidazole rings is 1. The first-order valence-corrected chi connectivity index (χ1v) is 11.3. The van der Waals surface area contributed by atoms with Crippen molar-refractivity contribution in [2.24, 2.45) is 13.0 Å². The van der Waals surface area contributed by atoms with Gasteiger partial charge in [-0.15, -0.1) is 0 Å². The second-order valence-corrected chi connectivity index (χ2v) is 9.70. The highest BCUT2D eigenvalue weighted by Crippen LogP contribution is 2.27. The van der Waals surface area contributed by atoms with Gasteiger partial charge in [-0.05, 0) is 42.4 Å². The van der Waals surface area contributed by atoms with Gasteiger partial charge in [-0.3, -0.25) is 0 Å². The minimum absolute atomic E-state index is 0.177. The zero-order valence-corrected chi connectivity index (χ0v) is 16.6. The Labute approximate surface area is 161 Å². The smallest absolute Gasteiger partial charge is 0.214 e. The van der Waals surface area contributed by atoms with Crippen LogP contribution in [0.1, 0.15) is 29.8 Å². The molecule has 2 aliphatic heterocycles. The molecule has 6 nitrogen and oxygen atoms in total. The molecule has 1 aromatic carbocycles. The molecule has 0 aliphatic carbocycles. The number of piperidine rings is 1. The van der Waals surface area contributed by atoms with E-state index in [-0.39, 0.29) is 5.75 Å². The molecular formula is C20H27N3O3S. The van der Waals surface area contributed by atoms with Crippen molar-refractivity contribution >= 4 is 10.0 Å². The molecule has 2 aliphatic rings. The highest BCUT2D eigenvalue weighted by Gasteiger charge is 2.28. The summed E-state index contributed by atoms with van der Waals surface area (Å²) in [6.45, 7) is 1.97. The van der Waals surface area contributed by atoms with E-state index in [0.29, 0.717) is 25.4 Å². The lowest BCUT2D eigenvalue weighted by molar-refractivity contribution is 0.269. The summed E-state index contributed by atoms with van der Waals surface area (Å²) >= 11 is 0. The van der Waals surface area contributed by atoms with E-state index in [9.17, 15) is 8.42 Å². The van der Waals surface area contributed by atoms with Gasteiger partial charge >= 0.3 is 0 Å². The lowest BCUT2D eigenvalue weighted by Gasteiger charge is -2.31. The third kappa shape index (κ3) is 4.19. The zero-order valence-electron chi connectivity index (χ0n) is 15.8. The van der Waals surface area contributed by atoms with Gasteiger partial charge in [0.25, 0.3) is 0 Å². The Hall–Kier alpha value is -1.86. The highest BCUT2D eigenvalue weighted by atomic mass is 32.2. The normalized spacial score (nSPS) is 18.4. The number of hydrogen-bond acceptors (Lipinski definition) is 4. The van der Waals surface area contributed by atoms with E-state index in [4.69, 9.17) is 4.74 Å². The fourth-order valence-electron chi connectivity index (χ4n) is 4.01. The lowest BCUT2D eigenvalue weighted by atomic mass is 9.94. The molecule has 1 aromatic heterocycles. The molecule has 1 fully saturated rings. The average molecular weight is 390 g/mol. The average Bonchev–Trinajstić information content (AvgIpc) is 3.29. The van der Waals surface area contributed by atoms with E-state index in [0.717, 1.165) is 49.4 Å². The Morgan fingerprint density at radius 3 is 2.81 bits per heavy atom. The minimum Gasteiger partial charge on any atom is -0.493 e. The molecule has 4 rings (SSSR count). The summed E-state index contributed by atoms with van der Waals surface area (Å²) in [7, 11) is -1.20. The SMILES string of the molecule is Cn1ccnc1CC1CCN(S(=O)(=O)CCc2ccc3c(c2)CCO3)CC1. The molecule has 2 aromatic rings. The lowest BCUT2D eigenvalue weighted by Crippen LogP contribution is -2.40. The maximum absolute atomic E-state index is 12.8. The number of fused-ring (bicyclic) bond motifs is 1. The third-order valence-corrected chi connectivity index (χ3v) is 7.63. The molecule has 0 unspecified atom stereocenters. The molecule has 7 heteroatoms. The van der Waals surface area contributed by atoms with Gasteiger partial charge in [0.05, 0.1) is 12.4 Å². The molecule has 0 radical (unpaired) electrons. The van der Waals surface area contributed by atoms with Crippen molar-refractivity contribution < 1.29 is 13.2 Å². The van der Waals surface area contributed by atoms with Crippen molar-refractivity contribution in [3.8, 4) is 5.75 Å². The van der Waals surface area contributed by atoms with E-state index in [1.807, 2.05) is 36.1 Å². The Morgan fingerprint density at radius 1 is 1.26 bits per heavy atom. The Kier molecular flexibility index (Phi) is 5.23. The van der Waals surface area contributed by atoms with Crippen LogP contribution < -0.4 is 4.74 Å². The topological polar surface area (TPSA) is 64.4 Å². The number of rotatable bonds is 6. The predicted octanol–water partition coefficient (Wildman–Crippen LogP) is 2.18. The van der Waals surface area contributed by atoms with Crippen molar-refractivity contribution in [2.75, 3.05) is 25.4 Å². The largest absolute Gasteiger partial charge is 0.493 e. The van der Waals surface area contributed by atoms with Crippen LogP contribution in [-0.2, 0) is 36.3 Å². The monoisotopic (exact) mass is 389 g/mol. The summed E-state index contributed by atoms with van der Waals surface area (Å²) in [5.74, 6) is 2.71. The molecule has 27 heavy (non-hydrogen) atoms. The van der Waals surface area contributed by atoms with Crippen LogP contribution in [0.25, 0.3) is 0 Å². The zero-order chi connectivity index (χ0) is 18.9. The van der Waals surface area contributed by atoms with Crippen LogP contribution in [-0.4, -0.2) is 47.7 Å². The number of benzene rings is 1. The van der Waals surface area contributed by atoms with Gasteiger partial charge in [0.2, 0.25) is 10.0 Å². The number of nitrogens with zero attached hydrogens (tertiary/aromatic N) is 3. The van der Waals surface area contributed by atoms with E-state index in [1.165, 1.54) is 5.56 Å². The standard InChI is InChI=1S/C20H27N3O3S/c1-22-11-8-21-20(22)15-17-4-9-23(10-5-17)27(24,25)13-7-16-2-3-19-18(14-16)6-12-26-19/h2-3,8,11,14,17H,4-7,9-10,12-13,15H2,1H3. The summed E-state index contributed by atoms with van der Waals surface area (Å²) in [4.78, 5) is 4.39. The summed E-state index contributed by atoms with van der Waals surface area (Å²) in [6.07, 6.45) is 7.99. The maximum Gasteiger partial charge on any atom is 0.214 e. The van der Waals surface area contributed by atoms with Crippen molar-refractivity contribution in [1.29, 1.82) is 0 Å². The molecule has 0 bridgehead atoms. The minimum atomic E-state index is -3.21. The van der Waals surface area contributed by atoms with E-state index in [2.05, 4.69) is 11.1 Å². The maximum atomic E-state index is 12.8. The first-order valence-electron chi connectivity index (χ1n) is 9.70. The second-order valence-electron chi connectivity index (χ2n) is 7.61. The first-order chi connectivity index (χ1) is 13.0. The fraction of sp³-hybridized carbons (Fsp3) is 0.550. The van der Waals surface area contributed by atoms with Gasteiger partial charge in [-0.1, -0.05) is 12.1 Å². The molecule has 3 heterocycles. The number of hydrogen-bond donors (Lipinski definition) is 0. The van der Waals surface area contributed by atoms with Gasteiger partial charge in [-0.2, -0.15) is 0 Å².